The molecule has 0 bridgehead atoms. The lowest BCUT2D eigenvalue weighted by atomic mass is 9.68. The van der Waals surface area contributed by atoms with Crippen LogP contribution in [-0.4, -0.2) is 29.9 Å². The third kappa shape index (κ3) is 2.92. The van der Waals surface area contributed by atoms with E-state index >= 15 is 0 Å². The van der Waals surface area contributed by atoms with Crippen molar-refractivity contribution in [1.29, 1.82) is 0 Å². The van der Waals surface area contributed by atoms with Gasteiger partial charge in [0.15, 0.2) is 5.58 Å². The summed E-state index contributed by atoms with van der Waals surface area (Å²) in [5, 5.41) is 34.9. The molecule has 0 saturated heterocycles. The fourth-order valence-electron chi connectivity index (χ4n) is 8.21. The first-order valence-corrected chi connectivity index (χ1v) is 14.8. The highest BCUT2D eigenvalue weighted by molar-refractivity contribution is 6.63. The number of para-hydroxylation sites is 2. The smallest absolute Gasteiger partial charge is 0.535 e. The Bertz CT molecular complexity index is 2520. The predicted molar refractivity (Wildman–Crippen MR) is 176 cm³/mol. The van der Waals surface area contributed by atoms with Crippen molar-refractivity contribution in [3.63, 3.8) is 0 Å². The molecule has 8 aromatic rings. The minimum absolute atomic E-state index is 0.371. The molecule has 0 unspecified atom stereocenters. The van der Waals surface area contributed by atoms with Crippen LogP contribution in [0.25, 0.3) is 66.1 Å². The van der Waals surface area contributed by atoms with E-state index < -0.39 is 12.5 Å². The third-order valence-corrected chi connectivity index (χ3v) is 9.76. The molecular weight excluding hydrogens is 562 g/mol. The molecular formula is C37H21B2O6. The second-order valence-electron chi connectivity index (χ2n) is 11.7. The molecule has 6 aromatic carbocycles. The van der Waals surface area contributed by atoms with E-state index in [1.54, 1.807) is 0 Å². The normalized spacial score (nSPS) is 13.8. The molecule has 211 valence electrons. The number of benzene rings is 6. The lowest BCUT2D eigenvalue weighted by molar-refractivity contribution is 0.426. The summed E-state index contributed by atoms with van der Waals surface area (Å²) in [6, 6.07) is 36.1. The van der Waals surface area contributed by atoms with Crippen LogP contribution in [-0.2, 0) is 5.41 Å². The molecule has 2 aliphatic rings. The molecule has 0 amide bonds. The zero-order valence-electron chi connectivity index (χ0n) is 23.6. The summed E-state index contributed by atoms with van der Waals surface area (Å²) in [6.45, 7) is 0. The van der Waals surface area contributed by atoms with E-state index in [0.717, 1.165) is 60.7 Å². The van der Waals surface area contributed by atoms with Crippen molar-refractivity contribution in [3.8, 4) is 28.0 Å². The van der Waals surface area contributed by atoms with Gasteiger partial charge in [0.25, 0.3) is 0 Å². The molecule has 1 spiro atoms. The van der Waals surface area contributed by atoms with Crippen molar-refractivity contribution in [2.24, 2.45) is 0 Å². The maximum Gasteiger partial charge on any atom is 0.569 e. The van der Waals surface area contributed by atoms with Crippen molar-refractivity contribution in [2.75, 3.05) is 0 Å². The first-order chi connectivity index (χ1) is 22.1. The summed E-state index contributed by atoms with van der Waals surface area (Å²) in [7, 11) is -1.07. The topological polar surface area (TPSA) is 96.2 Å². The molecule has 2 aromatic heterocycles. The quantitative estimate of drug-likeness (QED) is 0.208. The molecule has 3 N–H and O–H groups in total. The van der Waals surface area contributed by atoms with Crippen LogP contribution >= 0.6 is 0 Å². The fraction of sp³-hybridized carbons (Fsp3) is 0.0270. The summed E-state index contributed by atoms with van der Waals surface area (Å²) in [6.07, 6.45) is 0. The monoisotopic (exact) mass is 583 g/mol. The number of fused-ring (bicyclic) bond motifs is 18. The number of hydrogen-bond donors (Lipinski definition) is 3. The van der Waals surface area contributed by atoms with Crippen LogP contribution in [0.4, 0.5) is 0 Å². The molecule has 2 heterocycles. The van der Waals surface area contributed by atoms with Crippen molar-refractivity contribution in [3.05, 3.63) is 131 Å². The van der Waals surface area contributed by atoms with Crippen LogP contribution in [0.3, 0.4) is 0 Å². The van der Waals surface area contributed by atoms with Gasteiger partial charge < -0.3 is 28.6 Å². The van der Waals surface area contributed by atoms with E-state index in [2.05, 4.69) is 24.3 Å². The van der Waals surface area contributed by atoms with E-state index in [1.165, 1.54) is 0 Å². The molecule has 6 nitrogen and oxygen atoms in total. The predicted octanol–water partition coefficient (Wildman–Crippen LogP) is 6.41. The second-order valence-corrected chi connectivity index (χ2v) is 11.7. The van der Waals surface area contributed by atoms with E-state index in [0.29, 0.717) is 46.6 Å². The van der Waals surface area contributed by atoms with Crippen LogP contribution in [0.5, 0.6) is 5.75 Å². The standard InChI is InChI=1S/C37H21B2O6/c40-38-45-30-18-26-33(32-22-12-4-8-16-29(22)43-35(30)32)34-25(17-27(39(41)42)31-21-11-3-7-15-28(21)44-36(31)34)37(26)23-13-5-1-9-19(23)20-10-2-6-14-24(20)37/h1-18,40-42H. The zero-order valence-corrected chi connectivity index (χ0v) is 23.6. The van der Waals surface area contributed by atoms with Crippen LogP contribution in [0.2, 0.25) is 0 Å². The largest absolute Gasteiger partial charge is 0.569 e. The molecule has 0 atom stereocenters. The molecule has 0 fully saturated rings. The van der Waals surface area contributed by atoms with Gasteiger partial charge in [0.05, 0.1) is 5.41 Å². The van der Waals surface area contributed by atoms with Gasteiger partial charge in [0, 0.05) is 32.7 Å². The lowest BCUT2D eigenvalue weighted by Crippen LogP contribution is -2.33. The van der Waals surface area contributed by atoms with E-state index in [4.69, 9.17) is 13.5 Å². The maximum atomic E-state index is 10.9. The van der Waals surface area contributed by atoms with E-state index in [1.807, 2.05) is 84.9 Å². The molecule has 45 heavy (non-hydrogen) atoms. The number of furan rings is 2. The summed E-state index contributed by atoms with van der Waals surface area (Å²) in [5.41, 5.74) is 9.81. The van der Waals surface area contributed by atoms with Crippen LogP contribution < -0.4 is 10.1 Å². The van der Waals surface area contributed by atoms with Gasteiger partial charge in [-0.15, -0.1) is 0 Å². The van der Waals surface area contributed by atoms with Gasteiger partial charge in [-0.2, -0.15) is 0 Å². The SMILES string of the molecule is O[B]Oc1cc2c(c3c1oc1ccccc13)-c1c(cc(B(O)O)c3c1oc1ccccc13)C21c2ccccc2-c2ccccc21. The molecule has 0 aliphatic heterocycles. The zero-order chi connectivity index (χ0) is 30.0. The summed E-state index contributed by atoms with van der Waals surface area (Å²) < 4.78 is 18.9. The van der Waals surface area contributed by atoms with Gasteiger partial charge in [-0.05, 0) is 57.0 Å². The lowest BCUT2D eigenvalue weighted by Gasteiger charge is -2.31. The van der Waals surface area contributed by atoms with Gasteiger partial charge in [0.2, 0.25) is 0 Å². The van der Waals surface area contributed by atoms with Crippen LogP contribution in [0.1, 0.15) is 22.3 Å². The summed E-state index contributed by atoms with van der Waals surface area (Å²) in [5.74, 6) is 0.375. The molecule has 10 rings (SSSR count). The Morgan fingerprint density at radius 3 is 1.80 bits per heavy atom. The van der Waals surface area contributed by atoms with Crippen molar-refractivity contribution < 1.29 is 28.6 Å². The van der Waals surface area contributed by atoms with Gasteiger partial charge >= 0.3 is 14.8 Å². The average Bonchev–Trinajstić information content (AvgIpc) is 3.79. The minimum Gasteiger partial charge on any atom is -0.535 e. The Morgan fingerprint density at radius 1 is 0.600 bits per heavy atom. The van der Waals surface area contributed by atoms with E-state index in [9.17, 15) is 15.1 Å². The maximum absolute atomic E-state index is 10.9. The number of rotatable bonds is 3. The average molecular weight is 583 g/mol. The second kappa shape index (κ2) is 8.67. The van der Waals surface area contributed by atoms with E-state index in [-0.39, 0.29) is 0 Å². The van der Waals surface area contributed by atoms with Crippen LogP contribution in [0.15, 0.2) is 118 Å². The first kappa shape index (κ1) is 25.1. The molecule has 0 saturated carbocycles. The highest BCUT2D eigenvalue weighted by atomic mass is 16.5. The fourth-order valence-corrected chi connectivity index (χ4v) is 8.21. The highest BCUT2D eigenvalue weighted by Crippen LogP contribution is 2.66. The van der Waals surface area contributed by atoms with Crippen LogP contribution in [0, 0.1) is 0 Å². The Balaban J connectivity index is 1.53. The summed E-state index contributed by atoms with van der Waals surface area (Å²) in [4.78, 5) is 0. The summed E-state index contributed by atoms with van der Waals surface area (Å²) >= 11 is 0. The number of hydrogen-bond acceptors (Lipinski definition) is 6. The van der Waals surface area contributed by atoms with Gasteiger partial charge in [-0.1, -0.05) is 91.0 Å². The Morgan fingerprint density at radius 2 is 1.16 bits per heavy atom. The van der Waals surface area contributed by atoms with Gasteiger partial charge in [-0.3, -0.25) is 0 Å². The van der Waals surface area contributed by atoms with Crippen molar-refractivity contribution >= 4 is 64.1 Å². The first-order valence-electron chi connectivity index (χ1n) is 14.8. The molecule has 8 heteroatoms. The highest BCUT2D eigenvalue weighted by Gasteiger charge is 2.54. The Labute approximate surface area is 257 Å². The third-order valence-electron chi connectivity index (χ3n) is 9.76. The van der Waals surface area contributed by atoms with Crippen molar-refractivity contribution in [2.45, 2.75) is 5.41 Å². The Hall–Kier alpha value is -5.27. The van der Waals surface area contributed by atoms with Gasteiger partial charge in [0.1, 0.15) is 22.5 Å². The molecule has 1 radical (unpaired) electrons. The Kier molecular flexibility index (Phi) is 4.84. The molecule has 2 aliphatic carbocycles. The van der Waals surface area contributed by atoms with Gasteiger partial charge in [-0.25, -0.2) is 0 Å². The van der Waals surface area contributed by atoms with Crippen molar-refractivity contribution in [1.82, 2.24) is 0 Å². The minimum atomic E-state index is -1.75.